The molecule has 17 heavy (non-hydrogen) atoms. The summed E-state index contributed by atoms with van der Waals surface area (Å²) in [6.07, 6.45) is 3.15. The molecule has 4 nitrogen and oxygen atoms in total. The molecule has 2 aromatic rings. The fraction of sp³-hybridized carbons (Fsp3) is 0.250. The predicted octanol–water partition coefficient (Wildman–Crippen LogP) is 2.94. The van der Waals surface area contributed by atoms with Crippen molar-refractivity contribution in [3.63, 3.8) is 0 Å². The Kier molecular flexibility index (Phi) is 3.82. The molecule has 0 bridgehead atoms. The zero-order valence-corrected chi connectivity index (χ0v) is 10.3. The molecule has 1 aromatic carbocycles. The van der Waals surface area contributed by atoms with Gasteiger partial charge in [-0.3, -0.25) is 4.79 Å². The van der Waals surface area contributed by atoms with E-state index in [4.69, 9.17) is 0 Å². The summed E-state index contributed by atoms with van der Waals surface area (Å²) in [4.78, 5) is 12.4. The lowest BCUT2D eigenvalue weighted by Gasteiger charge is -2.04. The highest BCUT2D eigenvalue weighted by atomic mass is 32.1. The van der Waals surface area contributed by atoms with Crippen LogP contribution in [-0.2, 0) is 4.79 Å². The summed E-state index contributed by atoms with van der Waals surface area (Å²) >= 11 is 1.36. The highest BCUT2D eigenvalue weighted by Crippen LogP contribution is 2.23. The standard InChI is InChI=1S/C12H13N3OS/c1-2-3-12(16)14-10-6-4-9(5-7-10)11-8-13-15-17-11/h4-8H,2-3H2,1H3,(H,14,16). The second-order valence-electron chi connectivity index (χ2n) is 3.66. The topological polar surface area (TPSA) is 54.9 Å². The normalized spacial score (nSPS) is 10.2. The molecule has 1 aromatic heterocycles. The van der Waals surface area contributed by atoms with Crippen LogP contribution < -0.4 is 5.32 Å². The molecule has 0 saturated carbocycles. The van der Waals surface area contributed by atoms with Crippen molar-refractivity contribution < 1.29 is 4.79 Å². The van der Waals surface area contributed by atoms with Crippen LogP contribution in [0.5, 0.6) is 0 Å². The first-order chi connectivity index (χ1) is 8.29. The predicted molar refractivity (Wildman–Crippen MR) is 68.9 cm³/mol. The quantitative estimate of drug-likeness (QED) is 0.903. The van der Waals surface area contributed by atoms with E-state index in [1.54, 1.807) is 6.20 Å². The molecule has 0 spiro atoms. The molecule has 0 aliphatic rings. The lowest BCUT2D eigenvalue weighted by molar-refractivity contribution is -0.116. The average Bonchev–Trinajstić information content (AvgIpc) is 2.84. The first kappa shape index (κ1) is 11.7. The molecular weight excluding hydrogens is 234 g/mol. The molecule has 2 rings (SSSR count). The molecule has 88 valence electrons. The minimum atomic E-state index is 0.0553. The third-order valence-electron chi connectivity index (χ3n) is 2.29. The third-order valence-corrected chi connectivity index (χ3v) is 3.01. The molecule has 1 amide bonds. The lowest BCUT2D eigenvalue weighted by Crippen LogP contribution is -2.10. The smallest absolute Gasteiger partial charge is 0.224 e. The second kappa shape index (κ2) is 5.54. The number of nitrogens with one attached hydrogen (secondary N) is 1. The summed E-state index contributed by atoms with van der Waals surface area (Å²) in [5, 5.41) is 6.64. The largest absolute Gasteiger partial charge is 0.326 e. The fourth-order valence-corrected chi connectivity index (χ4v) is 1.98. The van der Waals surface area contributed by atoms with Crippen LogP contribution in [0, 0.1) is 0 Å². The molecule has 0 fully saturated rings. The van der Waals surface area contributed by atoms with Crippen LogP contribution in [0.4, 0.5) is 5.69 Å². The number of rotatable bonds is 4. The van der Waals surface area contributed by atoms with Gasteiger partial charge in [0.2, 0.25) is 5.91 Å². The van der Waals surface area contributed by atoms with Gasteiger partial charge in [-0.15, -0.1) is 5.10 Å². The van der Waals surface area contributed by atoms with Crippen molar-refractivity contribution in [2.75, 3.05) is 5.32 Å². The Morgan fingerprint density at radius 3 is 2.71 bits per heavy atom. The number of aromatic nitrogens is 2. The summed E-state index contributed by atoms with van der Waals surface area (Å²) in [5.74, 6) is 0.0553. The molecule has 0 aliphatic carbocycles. The Balaban J connectivity index is 2.06. The van der Waals surface area contributed by atoms with Gasteiger partial charge in [0.05, 0.1) is 11.1 Å². The third kappa shape index (κ3) is 3.10. The van der Waals surface area contributed by atoms with Gasteiger partial charge in [-0.05, 0) is 35.6 Å². The number of amides is 1. The van der Waals surface area contributed by atoms with Crippen molar-refractivity contribution in [2.24, 2.45) is 0 Å². The maximum absolute atomic E-state index is 11.4. The highest BCUT2D eigenvalue weighted by Gasteiger charge is 2.03. The number of hydrogen-bond donors (Lipinski definition) is 1. The number of carbonyl (C=O) groups excluding carboxylic acids is 1. The summed E-state index contributed by atoms with van der Waals surface area (Å²) < 4.78 is 3.82. The van der Waals surface area contributed by atoms with Gasteiger partial charge >= 0.3 is 0 Å². The van der Waals surface area contributed by atoms with Crippen LogP contribution in [0.3, 0.4) is 0 Å². The number of anilines is 1. The van der Waals surface area contributed by atoms with Crippen molar-refractivity contribution in [1.29, 1.82) is 0 Å². The van der Waals surface area contributed by atoms with Crippen molar-refractivity contribution in [3.05, 3.63) is 30.5 Å². The van der Waals surface area contributed by atoms with E-state index in [0.717, 1.165) is 22.5 Å². The molecule has 0 unspecified atom stereocenters. The van der Waals surface area contributed by atoms with Gasteiger partial charge in [0.1, 0.15) is 0 Å². The van der Waals surface area contributed by atoms with Gasteiger partial charge in [-0.2, -0.15) is 0 Å². The van der Waals surface area contributed by atoms with Gasteiger partial charge in [0.15, 0.2) is 0 Å². The Hall–Kier alpha value is -1.75. The number of hydrogen-bond acceptors (Lipinski definition) is 4. The van der Waals surface area contributed by atoms with Gasteiger partial charge in [0, 0.05) is 12.1 Å². The van der Waals surface area contributed by atoms with E-state index in [-0.39, 0.29) is 5.91 Å². The van der Waals surface area contributed by atoms with Crippen molar-refractivity contribution in [2.45, 2.75) is 19.8 Å². The van der Waals surface area contributed by atoms with Crippen LogP contribution in [0.2, 0.25) is 0 Å². The summed E-state index contributed by atoms with van der Waals surface area (Å²) in [7, 11) is 0. The fourth-order valence-electron chi connectivity index (χ4n) is 1.46. The Morgan fingerprint density at radius 1 is 1.35 bits per heavy atom. The molecule has 5 heteroatoms. The Morgan fingerprint density at radius 2 is 2.12 bits per heavy atom. The molecule has 0 aliphatic heterocycles. The lowest BCUT2D eigenvalue weighted by atomic mass is 10.2. The Labute approximate surface area is 104 Å². The van der Waals surface area contributed by atoms with Crippen molar-refractivity contribution >= 4 is 23.1 Å². The van der Waals surface area contributed by atoms with Gasteiger partial charge in [-0.25, -0.2) is 0 Å². The molecule has 1 N–H and O–H groups in total. The number of carbonyl (C=O) groups is 1. The molecule has 1 heterocycles. The zero-order chi connectivity index (χ0) is 12.1. The molecular formula is C12H13N3OS. The molecule has 0 saturated heterocycles. The summed E-state index contributed by atoms with van der Waals surface area (Å²) in [5.41, 5.74) is 1.89. The van der Waals surface area contributed by atoms with E-state index in [1.165, 1.54) is 11.5 Å². The van der Waals surface area contributed by atoms with Gasteiger partial charge in [-0.1, -0.05) is 23.5 Å². The number of nitrogens with zero attached hydrogens (tertiary/aromatic N) is 2. The highest BCUT2D eigenvalue weighted by molar-refractivity contribution is 7.09. The average molecular weight is 247 g/mol. The van der Waals surface area contributed by atoms with Crippen LogP contribution in [0.1, 0.15) is 19.8 Å². The van der Waals surface area contributed by atoms with Crippen LogP contribution in [0.15, 0.2) is 30.5 Å². The van der Waals surface area contributed by atoms with E-state index < -0.39 is 0 Å². The van der Waals surface area contributed by atoms with Crippen molar-refractivity contribution in [1.82, 2.24) is 9.59 Å². The molecule has 0 atom stereocenters. The van der Waals surface area contributed by atoms with E-state index in [0.29, 0.717) is 6.42 Å². The second-order valence-corrected chi connectivity index (χ2v) is 4.44. The maximum atomic E-state index is 11.4. The van der Waals surface area contributed by atoms with E-state index in [2.05, 4.69) is 14.9 Å². The van der Waals surface area contributed by atoms with Gasteiger partial charge in [0.25, 0.3) is 0 Å². The van der Waals surface area contributed by atoms with Crippen LogP contribution in [0.25, 0.3) is 10.4 Å². The first-order valence-electron chi connectivity index (χ1n) is 5.47. The monoisotopic (exact) mass is 247 g/mol. The summed E-state index contributed by atoms with van der Waals surface area (Å²) in [6, 6.07) is 7.69. The minimum Gasteiger partial charge on any atom is -0.326 e. The van der Waals surface area contributed by atoms with Crippen LogP contribution in [-0.4, -0.2) is 15.5 Å². The van der Waals surface area contributed by atoms with E-state index >= 15 is 0 Å². The van der Waals surface area contributed by atoms with Gasteiger partial charge < -0.3 is 5.32 Å². The SMILES string of the molecule is CCCC(=O)Nc1ccc(-c2cnns2)cc1. The zero-order valence-electron chi connectivity index (χ0n) is 9.51. The van der Waals surface area contributed by atoms with Crippen LogP contribution >= 0.6 is 11.5 Å². The summed E-state index contributed by atoms with van der Waals surface area (Å²) in [6.45, 7) is 1.99. The Bertz CT molecular complexity index is 479. The van der Waals surface area contributed by atoms with E-state index in [1.807, 2.05) is 31.2 Å². The first-order valence-corrected chi connectivity index (χ1v) is 6.24. The number of benzene rings is 1. The maximum Gasteiger partial charge on any atom is 0.224 e. The van der Waals surface area contributed by atoms with Crippen molar-refractivity contribution in [3.8, 4) is 10.4 Å². The van der Waals surface area contributed by atoms with E-state index in [9.17, 15) is 4.79 Å². The minimum absolute atomic E-state index is 0.0553. The molecule has 0 radical (unpaired) electrons.